The van der Waals surface area contributed by atoms with Gasteiger partial charge >= 0.3 is 6.03 Å². The zero-order chi connectivity index (χ0) is 21.1. The van der Waals surface area contributed by atoms with Crippen molar-refractivity contribution in [2.45, 2.75) is 24.3 Å². The van der Waals surface area contributed by atoms with Gasteiger partial charge in [-0.25, -0.2) is 9.78 Å². The molecule has 2 N–H and O–H groups in total. The predicted octanol–water partition coefficient (Wildman–Crippen LogP) is 3.28. The number of benzene rings is 2. The Kier molecular flexibility index (Phi) is 6.24. The summed E-state index contributed by atoms with van der Waals surface area (Å²) in [5.41, 5.74) is 1.57. The number of para-hydroxylation sites is 1. The number of hydrogen-bond donors (Lipinski definition) is 2. The molecule has 3 rings (SSSR count). The molecular weight excluding hydrogens is 412 g/mol. The van der Waals surface area contributed by atoms with Gasteiger partial charge in [0.15, 0.2) is 5.16 Å². The number of fused-ring (bicyclic) bond motifs is 1. The lowest BCUT2D eigenvalue weighted by molar-refractivity contribution is -0.119. The summed E-state index contributed by atoms with van der Waals surface area (Å²) < 4.78 is 1.46. The second kappa shape index (κ2) is 8.67. The van der Waals surface area contributed by atoms with Crippen molar-refractivity contribution in [1.29, 1.82) is 0 Å². The van der Waals surface area contributed by atoms with Gasteiger partial charge in [-0.1, -0.05) is 41.6 Å². The Morgan fingerprint density at radius 2 is 1.90 bits per heavy atom. The smallest absolute Gasteiger partial charge is 0.321 e. The van der Waals surface area contributed by atoms with Gasteiger partial charge < -0.3 is 5.32 Å². The molecule has 0 bridgehead atoms. The average Bonchev–Trinajstić information content (AvgIpc) is 2.70. The van der Waals surface area contributed by atoms with Gasteiger partial charge in [0.1, 0.15) is 0 Å². The topological polar surface area (TPSA) is 93.1 Å². The van der Waals surface area contributed by atoms with Crippen molar-refractivity contribution in [2.24, 2.45) is 0 Å². The van der Waals surface area contributed by atoms with E-state index < -0.39 is 17.2 Å². The van der Waals surface area contributed by atoms with Crippen molar-refractivity contribution in [2.75, 3.05) is 7.05 Å². The molecule has 0 saturated heterocycles. The van der Waals surface area contributed by atoms with Crippen molar-refractivity contribution in [3.05, 3.63) is 63.4 Å². The second-order valence-electron chi connectivity index (χ2n) is 6.26. The van der Waals surface area contributed by atoms with Gasteiger partial charge in [-0.3, -0.25) is 19.5 Å². The summed E-state index contributed by atoms with van der Waals surface area (Å²) in [6, 6.07) is 11.7. The van der Waals surface area contributed by atoms with Gasteiger partial charge in [-0.05, 0) is 43.7 Å². The molecule has 150 valence electrons. The van der Waals surface area contributed by atoms with Crippen molar-refractivity contribution in [1.82, 2.24) is 20.2 Å². The van der Waals surface area contributed by atoms with E-state index in [1.54, 1.807) is 49.4 Å². The molecule has 0 aliphatic carbocycles. The van der Waals surface area contributed by atoms with Crippen molar-refractivity contribution >= 4 is 46.2 Å². The van der Waals surface area contributed by atoms with Crippen LogP contribution in [0.1, 0.15) is 12.5 Å². The van der Waals surface area contributed by atoms with Crippen LogP contribution in [0.3, 0.4) is 0 Å². The van der Waals surface area contributed by atoms with Crippen LogP contribution in [-0.2, 0) is 4.79 Å². The lowest BCUT2D eigenvalue weighted by atomic mass is 10.2. The molecular formula is C20H19ClN4O3S. The van der Waals surface area contributed by atoms with Gasteiger partial charge in [-0.2, -0.15) is 0 Å². The van der Waals surface area contributed by atoms with E-state index in [0.29, 0.717) is 26.8 Å². The zero-order valence-corrected chi connectivity index (χ0v) is 17.6. The minimum absolute atomic E-state index is 0.262. The first-order valence-corrected chi connectivity index (χ1v) is 10.1. The molecule has 1 heterocycles. The minimum Gasteiger partial charge on any atom is -0.341 e. The summed E-state index contributed by atoms with van der Waals surface area (Å²) in [6.45, 7) is 3.45. The highest BCUT2D eigenvalue weighted by atomic mass is 35.5. The average molecular weight is 431 g/mol. The molecule has 0 aliphatic heterocycles. The summed E-state index contributed by atoms with van der Waals surface area (Å²) in [5.74, 6) is -0.494. The Morgan fingerprint density at radius 1 is 1.17 bits per heavy atom. The highest BCUT2D eigenvalue weighted by molar-refractivity contribution is 8.00. The molecule has 0 radical (unpaired) electrons. The highest BCUT2D eigenvalue weighted by Gasteiger charge is 2.22. The van der Waals surface area contributed by atoms with E-state index in [0.717, 1.165) is 17.3 Å². The number of thioether (sulfide) groups is 1. The summed E-state index contributed by atoms with van der Waals surface area (Å²) in [4.78, 5) is 41.6. The van der Waals surface area contributed by atoms with Crippen LogP contribution in [0.15, 0.2) is 52.4 Å². The number of imide groups is 1. The van der Waals surface area contributed by atoms with Crippen LogP contribution >= 0.6 is 23.4 Å². The van der Waals surface area contributed by atoms with E-state index in [2.05, 4.69) is 15.6 Å². The van der Waals surface area contributed by atoms with E-state index in [4.69, 9.17) is 11.6 Å². The Bertz CT molecular complexity index is 1160. The number of aromatic nitrogens is 2. The largest absolute Gasteiger partial charge is 0.341 e. The number of hydrogen-bond acceptors (Lipinski definition) is 5. The quantitative estimate of drug-likeness (QED) is 0.489. The Morgan fingerprint density at radius 3 is 2.62 bits per heavy atom. The molecule has 3 aromatic rings. The summed E-state index contributed by atoms with van der Waals surface area (Å²) >= 11 is 7.35. The maximum Gasteiger partial charge on any atom is 0.321 e. The molecule has 3 amide bonds. The number of nitrogens with one attached hydrogen (secondary N) is 2. The molecule has 9 heteroatoms. The maximum absolute atomic E-state index is 13.3. The van der Waals surface area contributed by atoms with E-state index in [1.165, 1.54) is 11.6 Å². The van der Waals surface area contributed by atoms with E-state index in [9.17, 15) is 14.4 Å². The number of nitrogens with zero attached hydrogens (tertiary/aromatic N) is 2. The number of urea groups is 1. The number of rotatable bonds is 4. The van der Waals surface area contributed by atoms with Gasteiger partial charge in [0, 0.05) is 12.1 Å². The fourth-order valence-corrected chi connectivity index (χ4v) is 3.82. The minimum atomic E-state index is -0.675. The van der Waals surface area contributed by atoms with E-state index in [1.807, 2.05) is 6.92 Å². The molecule has 2 aromatic carbocycles. The Hall–Kier alpha value is -2.84. The summed E-state index contributed by atoms with van der Waals surface area (Å²) in [5, 5.41) is 5.20. The van der Waals surface area contributed by atoms with E-state index in [-0.39, 0.29) is 5.56 Å². The normalized spacial score (nSPS) is 11.9. The van der Waals surface area contributed by atoms with Crippen LogP contribution < -0.4 is 16.2 Å². The van der Waals surface area contributed by atoms with Crippen LogP contribution in [0, 0.1) is 6.92 Å². The number of carbonyl (C=O) groups excluding carboxylic acids is 2. The second-order valence-corrected chi connectivity index (χ2v) is 7.98. The van der Waals surface area contributed by atoms with Crippen LogP contribution in [-0.4, -0.2) is 33.8 Å². The Balaban J connectivity index is 2.15. The third kappa shape index (κ3) is 4.28. The molecule has 0 saturated carbocycles. The van der Waals surface area contributed by atoms with Crippen LogP contribution in [0.2, 0.25) is 5.02 Å². The lowest BCUT2D eigenvalue weighted by Crippen LogP contribution is -2.41. The Labute approximate surface area is 176 Å². The third-order valence-corrected chi connectivity index (χ3v) is 5.80. The predicted molar refractivity (Wildman–Crippen MR) is 115 cm³/mol. The number of carbonyl (C=O) groups is 2. The van der Waals surface area contributed by atoms with Crippen LogP contribution in [0.5, 0.6) is 0 Å². The van der Waals surface area contributed by atoms with E-state index >= 15 is 0 Å². The fraction of sp³-hybridized carbons (Fsp3) is 0.200. The van der Waals surface area contributed by atoms with Gasteiger partial charge in [0.2, 0.25) is 5.91 Å². The third-order valence-electron chi connectivity index (χ3n) is 4.34. The monoisotopic (exact) mass is 430 g/mol. The number of amides is 3. The first kappa shape index (κ1) is 20.9. The van der Waals surface area contributed by atoms with Crippen LogP contribution in [0.4, 0.5) is 4.79 Å². The fourth-order valence-electron chi connectivity index (χ4n) is 2.73. The number of halogens is 1. The molecule has 29 heavy (non-hydrogen) atoms. The highest BCUT2D eigenvalue weighted by Crippen LogP contribution is 2.28. The van der Waals surface area contributed by atoms with Gasteiger partial charge in [-0.15, -0.1) is 0 Å². The molecule has 0 spiro atoms. The lowest BCUT2D eigenvalue weighted by Gasteiger charge is -2.18. The molecule has 7 nitrogen and oxygen atoms in total. The van der Waals surface area contributed by atoms with Crippen LogP contribution in [0.25, 0.3) is 16.6 Å². The molecule has 0 aliphatic rings. The molecule has 1 atom stereocenters. The first-order chi connectivity index (χ1) is 13.8. The zero-order valence-electron chi connectivity index (χ0n) is 16.0. The van der Waals surface area contributed by atoms with Crippen molar-refractivity contribution < 1.29 is 9.59 Å². The standard InChI is InChI=1S/C20H19ClN4O3S/c1-11-14(21)8-6-10-16(11)25-18(27)13-7-4-5-9-15(13)23-20(25)29-12(2)17(26)24-19(28)22-3/h4-10,12H,1-3H3,(H2,22,24,26,28)/t12-/m0/s1. The van der Waals surface area contributed by atoms with Crippen molar-refractivity contribution in [3.63, 3.8) is 0 Å². The van der Waals surface area contributed by atoms with Gasteiger partial charge in [0.05, 0.1) is 21.8 Å². The SMILES string of the molecule is CNC(=O)NC(=O)[C@H](C)Sc1nc2ccccc2c(=O)n1-c1cccc(Cl)c1C. The molecule has 1 aromatic heterocycles. The summed E-state index contributed by atoms with van der Waals surface area (Å²) in [7, 11) is 1.42. The first-order valence-electron chi connectivity index (χ1n) is 8.80. The summed E-state index contributed by atoms with van der Waals surface area (Å²) in [6.07, 6.45) is 0. The maximum atomic E-state index is 13.3. The van der Waals surface area contributed by atoms with Crippen molar-refractivity contribution in [3.8, 4) is 5.69 Å². The molecule has 0 fully saturated rings. The van der Waals surface area contributed by atoms with Gasteiger partial charge in [0.25, 0.3) is 5.56 Å². The molecule has 0 unspecified atom stereocenters.